The first-order valence-electron chi connectivity index (χ1n) is 5.71. The number of rotatable bonds is 8. The molecule has 0 aromatic carbocycles. The molecule has 17 heavy (non-hydrogen) atoms. The largest absolute Gasteiger partial charge is 0.389 e. The number of aromatic nitrogens is 1. The molecule has 0 fully saturated rings. The normalized spacial score (nSPS) is 13.2. The van der Waals surface area contributed by atoms with Crippen LogP contribution in [-0.2, 0) is 11.3 Å². The van der Waals surface area contributed by atoms with Crippen LogP contribution in [0, 0.1) is 5.92 Å². The molecule has 1 unspecified atom stereocenters. The van der Waals surface area contributed by atoms with Crippen LogP contribution >= 0.6 is 11.3 Å². The lowest BCUT2D eigenvalue weighted by atomic mass is 10.2. The number of aliphatic hydroxyl groups excluding tert-OH is 1. The van der Waals surface area contributed by atoms with Gasteiger partial charge in [0.05, 0.1) is 12.7 Å². The Hall–Kier alpha value is -0.690. The minimum atomic E-state index is -0.515. The maximum Gasteiger partial charge on any atom is 0.304 e. The maximum absolute atomic E-state index is 10.9. The van der Waals surface area contributed by atoms with E-state index in [1.165, 1.54) is 0 Å². The summed E-state index contributed by atoms with van der Waals surface area (Å²) in [6, 6.07) is 0. The van der Waals surface area contributed by atoms with Crippen molar-refractivity contribution in [1.29, 1.82) is 0 Å². The van der Waals surface area contributed by atoms with Gasteiger partial charge in [0.25, 0.3) is 0 Å². The Bertz CT molecular complexity index is 362. The van der Waals surface area contributed by atoms with Gasteiger partial charge in [0.2, 0.25) is 0 Å². The van der Waals surface area contributed by atoms with Crippen LogP contribution in [0.15, 0.2) is 10.2 Å². The molecule has 0 aliphatic heterocycles. The van der Waals surface area contributed by atoms with Crippen LogP contribution in [0.4, 0.5) is 0 Å². The summed E-state index contributed by atoms with van der Waals surface area (Å²) in [4.78, 5) is 13.5. The fraction of sp³-hybridized carbons (Fsp3) is 0.727. The van der Waals surface area contributed by atoms with Gasteiger partial charge in [0.15, 0.2) is 0 Å². The van der Waals surface area contributed by atoms with Crippen molar-refractivity contribution in [1.82, 2.24) is 10.3 Å². The van der Waals surface area contributed by atoms with E-state index in [4.69, 9.17) is 4.74 Å². The van der Waals surface area contributed by atoms with E-state index >= 15 is 0 Å². The van der Waals surface area contributed by atoms with Gasteiger partial charge in [-0.05, 0) is 5.92 Å². The van der Waals surface area contributed by atoms with E-state index in [-0.39, 0.29) is 4.87 Å². The van der Waals surface area contributed by atoms with Crippen molar-refractivity contribution in [2.75, 3.05) is 19.8 Å². The molecule has 0 saturated carbocycles. The number of hydrogen-bond acceptors (Lipinski definition) is 5. The van der Waals surface area contributed by atoms with Crippen LogP contribution in [0.3, 0.4) is 0 Å². The summed E-state index contributed by atoms with van der Waals surface area (Å²) in [5.74, 6) is 0.478. The van der Waals surface area contributed by atoms with E-state index in [1.807, 2.05) is 0 Å². The molecule has 3 N–H and O–H groups in total. The maximum atomic E-state index is 10.9. The van der Waals surface area contributed by atoms with E-state index in [1.54, 1.807) is 5.38 Å². The lowest BCUT2D eigenvalue weighted by Crippen LogP contribution is -2.30. The van der Waals surface area contributed by atoms with E-state index in [0.717, 1.165) is 17.0 Å². The first-order valence-corrected chi connectivity index (χ1v) is 6.59. The predicted molar refractivity (Wildman–Crippen MR) is 68.3 cm³/mol. The lowest BCUT2D eigenvalue weighted by molar-refractivity contribution is 0.0260. The average Bonchev–Trinajstić information content (AvgIpc) is 2.63. The number of thiazole rings is 1. The zero-order chi connectivity index (χ0) is 12.7. The highest BCUT2D eigenvalue weighted by Crippen LogP contribution is 1.96. The smallest absolute Gasteiger partial charge is 0.304 e. The summed E-state index contributed by atoms with van der Waals surface area (Å²) < 4.78 is 5.32. The van der Waals surface area contributed by atoms with Crippen molar-refractivity contribution in [2.24, 2.45) is 5.92 Å². The Morgan fingerprint density at radius 2 is 2.29 bits per heavy atom. The molecule has 1 heterocycles. The Morgan fingerprint density at radius 1 is 1.53 bits per heavy atom. The summed E-state index contributed by atoms with van der Waals surface area (Å²) >= 11 is 1.14. The molecular formula is C11H20N2O3S. The average molecular weight is 260 g/mol. The first kappa shape index (κ1) is 14.4. The van der Waals surface area contributed by atoms with Crippen LogP contribution < -0.4 is 10.2 Å². The number of ether oxygens (including phenoxy) is 1. The SMILES string of the molecule is CC(C)COCC(O)CNCc1csc(=O)[nH]1. The van der Waals surface area contributed by atoms with Crippen molar-refractivity contribution in [3.05, 3.63) is 20.7 Å². The molecular weight excluding hydrogens is 240 g/mol. The van der Waals surface area contributed by atoms with Gasteiger partial charge < -0.3 is 20.1 Å². The molecule has 1 aromatic heterocycles. The quantitative estimate of drug-likeness (QED) is 0.638. The fourth-order valence-corrected chi connectivity index (χ4v) is 1.85. The second-order valence-corrected chi connectivity index (χ2v) is 5.23. The molecule has 1 aromatic rings. The van der Waals surface area contributed by atoms with E-state index < -0.39 is 6.10 Å². The first-order chi connectivity index (χ1) is 8.08. The molecule has 6 heteroatoms. The van der Waals surface area contributed by atoms with Crippen molar-refractivity contribution in [3.63, 3.8) is 0 Å². The Kier molecular flexibility index (Phi) is 6.43. The van der Waals surface area contributed by atoms with Crippen LogP contribution in [0.5, 0.6) is 0 Å². The Labute approximate surface area is 105 Å². The summed E-state index contributed by atoms with van der Waals surface area (Å²) in [5, 5.41) is 14.4. The molecule has 0 aliphatic carbocycles. The number of H-pyrrole nitrogens is 1. The Morgan fingerprint density at radius 3 is 2.88 bits per heavy atom. The molecule has 0 bridgehead atoms. The molecule has 0 saturated heterocycles. The highest BCUT2D eigenvalue weighted by molar-refractivity contribution is 7.07. The van der Waals surface area contributed by atoms with Gasteiger partial charge in [-0.2, -0.15) is 0 Å². The number of aliphatic hydroxyl groups is 1. The molecule has 1 atom stereocenters. The number of aromatic amines is 1. The summed E-state index contributed by atoms with van der Waals surface area (Å²) in [7, 11) is 0. The van der Waals surface area contributed by atoms with Crippen LogP contribution in [0.2, 0.25) is 0 Å². The zero-order valence-electron chi connectivity index (χ0n) is 10.2. The zero-order valence-corrected chi connectivity index (χ0v) is 11.0. The van der Waals surface area contributed by atoms with Crippen LogP contribution in [0.25, 0.3) is 0 Å². The van der Waals surface area contributed by atoms with Crippen LogP contribution in [-0.4, -0.2) is 36.0 Å². The number of nitrogens with one attached hydrogen (secondary N) is 2. The van der Waals surface area contributed by atoms with E-state index in [0.29, 0.717) is 32.2 Å². The topological polar surface area (TPSA) is 74.3 Å². The fourth-order valence-electron chi connectivity index (χ4n) is 1.27. The molecule has 0 amide bonds. The van der Waals surface area contributed by atoms with Crippen molar-refractivity contribution in [3.8, 4) is 0 Å². The predicted octanol–water partition coefficient (Wildman–Crippen LogP) is 0.560. The second-order valence-electron chi connectivity index (χ2n) is 4.39. The Balaban J connectivity index is 2.07. The molecule has 1 rings (SSSR count). The standard InChI is InChI=1S/C11H20N2O3S/c1-8(2)5-16-6-10(14)4-12-3-9-7-17-11(15)13-9/h7-8,10,12,14H,3-6H2,1-2H3,(H,13,15). The molecule has 0 aliphatic rings. The summed E-state index contributed by atoms with van der Waals surface area (Å²) in [6.45, 7) is 6.14. The molecule has 0 radical (unpaired) electrons. The van der Waals surface area contributed by atoms with Crippen molar-refractivity contribution < 1.29 is 9.84 Å². The lowest BCUT2D eigenvalue weighted by Gasteiger charge is -2.13. The van der Waals surface area contributed by atoms with Gasteiger partial charge in [0, 0.05) is 30.8 Å². The highest BCUT2D eigenvalue weighted by Gasteiger charge is 2.05. The summed E-state index contributed by atoms with van der Waals surface area (Å²) in [6.07, 6.45) is -0.515. The van der Waals surface area contributed by atoms with Gasteiger partial charge >= 0.3 is 4.87 Å². The third kappa shape index (κ3) is 6.58. The molecule has 5 nitrogen and oxygen atoms in total. The third-order valence-electron chi connectivity index (χ3n) is 2.03. The molecule has 0 spiro atoms. The van der Waals surface area contributed by atoms with Gasteiger partial charge in [-0.3, -0.25) is 4.79 Å². The number of hydrogen-bond donors (Lipinski definition) is 3. The van der Waals surface area contributed by atoms with E-state index in [2.05, 4.69) is 24.1 Å². The van der Waals surface area contributed by atoms with Crippen molar-refractivity contribution >= 4 is 11.3 Å². The van der Waals surface area contributed by atoms with Gasteiger partial charge in [-0.1, -0.05) is 25.2 Å². The van der Waals surface area contributed by atoms with Crippen molar-refractivity contribution in [2.45, 2.75) is 26.5 Å². The minimum absolute atomic E-state index is 0.0531. The monoisotopic (exact) mass is 260 g/mol. The van der Waals surface area contributed by atoms with E-state index in [9.17, 15) is 9.90 Å². The second kappa shape index (κ2) is 7.60. The van der Waals surface area contributed by atoms with Gasteiger partial charge in [-0.25, -0.2) is 0 Å². The molecule has 98 valence electrons. The van der Waals surface area contributed by atoms with Gasteiger partial charge in [-0.15, -0.1) is 0 Å². The van der Waals surface area contributed by atoms with Gasteiger partial charge in [0.1, 0.15) is 0 Å². The van der Waals surface area contributed by atoms with Crippen LogP contribution in [0.1, 0.15) is 19.5 Å². The third-order valence-corrected chi connectivity index (χ3v) is 2.75. The highest BCUT2D eigenvalue weighted by atomic mass is 32.1. The summed E-state index contributed by atoms with van der Waals surface area (Å²) in [5.41, 5.74) is 0.843. The minimum Gasteiger partial charge on any atom is -0.389 e.